The van der Waals surface area contributed by atoms with Gasteiger partial charge in [0.15, 0.2) is 0 Å². The van der Waals surface area contributed by atoms with Gasteiger partial charge in [-0.25, -0.2) is 0 Å². The molecule has 0 radical (unpaired) electrons. The Labute approximate surface area is 81.5 Å². The van der Waals surface area contributed by atoms with Crippen molar-refractivity contribution in [3.8, 4) is 0 Å². The first kappa shape index (κ1) is 16.4. The summed E-state index contributed by atoms with van der Waals surface area (Å²) in [6, 6.07) is 0. The Kier molecular flexibility index (Phi) is 5.99. The highest BCUT2D eigenvalue weighted by Gasteiger charge is 2.15. The van der Waals surface area contributed by atoms with Gasteiger partial charge in [-0.1, -0.05) is 0 Å². The average molecular weight is 270 g/mol. The molecule has 0 heterocycles. The second-order valence-electron chi connectivity index (χ2n) is 2.25. The van der Waals surface area contributed by atoms with E-state index in [1.54, 1.807) is 0 Å². The maximum Gasteiger partial charge on any atom is 0.489 e. The molecule has 0 aliphatic heterocycles. The van der Waals surface area contributed by atoms with Crippen LogP contribution in [0.5, 0.6) is 0 Å². The van der Waals surface area contributed by atoms with Crippen LogP contribution in [0.4, 0.5) is 0 Å². The van der Waals surface area contributed by atoms with Crippen LogP contribution in [-0.4, -0.2) is 54.2 Å². The van der Waals surface area contributed by atoms with Gasteiger partial charge < -0.3 is 14.4 Å². The number of hydrogen-bond donors (Lipinski definition) is 5. The SMILES string of the molecule is C[Si](O)(O)O.O=S(=O)(O)CS(=O)(=O)O. The Bertz CT molecular complexity index is 309. The summed E-state index contributed by atoms with van der Waals surface area (Å²) < 4.78 is 54.2. The second kappa shape index (κ2) is 5.13. The van der Waals surface area contributed by atoms with Crippen molar-refractivity contribution >= 4 is 29.0 Å². The van der Waals surface area contributed by atoms with Crippen molar-refractivity contribution in [2.24, 2.45) is 0 Å². The topological polar surface area (TPSA) is 169 Å². The first-order valence-electron chi connectivity index (χ1n) is 2.78. The number of rotatable bonds is 2. The summed E-state index contributed by atoms with van der Waals surface area (Å²) in [6.45, 7) is 0.993. The minimum absolute atomic E-state index is 0.993. The van der Waals surface area contributed by atoms with E-state index in [1.807, 2.05) is 0 Å². The van der Waals surface area contributed by atoms with Crippen molar-refractivity contribution in [2.45, 2.75) is 6.55 Å². The van der Waals surface area contributed by atoms with E-state index in [9.17, 15) is 16.8 Å². The molecule has 0 aliphatic carbocycles. The third-order valence-corrected chi connectivity index (χ3v) is 2.68. The van der Waals surface area contributed by atoms with Crippen LogP contribution in [0.3, 0.4) is 0 Å². The molecule has 0 aromatic rings. The molecule has 0 rings (SSSR count). The lowest BCUT2D eigenvalue weighted by Crippen LogP contribution is -2.28. The molecule has 9 nitrogen and oxygen atoms in total. The van der Waals surface area contributed by atoms with Gasteiger partial charge in [0.2, 0.25) is 5.08 Å². The molecule has 0 saturated heterocycles. The van der Waals surface area contributed by atoms with E-state index in [-0.39, 0.29) is 0 Å². The zero-order chi connectivity index (χ0) is 12.2. The normalized spacial score (nSPS) is 13.0. The molecule has 0 saturated carbocycles. The molecule has 0 aromatic carbocycles. The van der Waals surface area contributed by atoms with E-state index in [0.29, 0.717) is 0 Å². The molecule has 0 amide bonds. The lowest BCUT2D eigenvalue weighted by molar-refractivity contribution is 0.239. The monoisotopic (exact) mass is 270 g/mol. The summed E-state index contributed by atoms with van der Waals surface area (Å²) in [5, 5.41) is -1.65. The second-order valence-corrected chi connectivity index (χ2v) is 7.46. The van der Waals surface area contributed by atoms with Crippen LogP contribution in [-0.2, 0) is 20.2 Å². The summed E-state index contributed by atoms with van der Waals surface area (Å²) in [5.74, 6) is 0. The molecule has 0 bridgehead atoms. The van der Waals surface area contributed by atoms with E-state index in [2.05, 4.69) is 0 Å². The van der Waals surface area contributed by atoms with Gasteiger partial charge in [0.1, 0.15) is 0 Å². The maximum atomic E-state index is 9.66. The molecule has 0 aromatic heterocycles. The van der Waals surface area contributed by atoms with Crippen LogP contribution in [0, 0.1) is 0 Å². The van der Waals surface area contributed by atoms with Gasteiger partial charge in [-0.05, 0) is 0 Å². The fourth-order valence-electron chi connectivity index (χ4n) is 0.188. The Morgan fingerprint density at radius 2 is 1.07 bits per heavy atom. The Morgan fingerprint density at radius 1 is 0.929 bits per heavy atom. The molecule has 0 atom stereocenters. The van der Waals surface area contributed by atoms with E-state index in [0.717, 1.165) is 6.55 Å². The summed E-state index contributed by atoms with van der Waals surface area (Å²) in [6.07, 6.45) is 0. The molecule has 0 unspecified atom stereocenters. The van der Waals surface area contributed by atoms with E-state index < -0.39 is 34.1 Å². The van der Waals surface area contributed by atoms with Gasteiger partial charge >= 0.3 is 8.80 Å². The fraction of sp³-hybridized carbons (Fsp3) is 1.00. The van der Waals surface area contributed by atoms with Crippen LogP contribution >= 0.6 is 0 Å². The van der Waals surface area contributed by atoms with Crippen LogP contribution in [0.15, 0.2) is 0 Å². The molecule has 14 heavy (non-hydrogen) atoms. The van der Waals surface area contributed by atoms with Gasteiger partial charge in [0, 0.05) is 6.55 Å². The first-order valence-corrected chi connectivity index (χ1v) is 8.34. The highest BCUT2D eigenvalue weighted by atomic mass is 32.3. The summed E-state index contributed by atoms with van der Waals surface area (Å²) >= 11 is 0. The Morgan fingerprint density at radius 3 is 1.07 bits per heavy atom. The molecular weight excluding hydrogens is 260 g/mol. The van der Waals surface area contributed by atoms with Crippen LogP contribution in [0.2, 0.25) is 6.55 Å². The highest BCUT2D eigenvalue weighted by molar-refractivity contribution is 8.02. The van der Waals surface area contributed by atoms with Crippen molar-refractivity contribution in [1.82, 2.24) is 0 Å². The molecule has 0 fully saturated rings. The predicted molar refractivity (Wildman–Crippen MR) is 46.2 cm³/mol. The van der Waals surface area contributed by atoms with Gasteiger partial charge in [-0.15, -0.1) is 0 Å². The molecule has 0 aliphatic rings. The van der Waals surface area contributed by atoms with Crippen LogP contribution in [0.1, 0.15) is 0 Å². The zero-order valence-corrected chi connectivity index (χ0v) is 9.53. The van der Waals surface area contributed by atoms with Gasteiger partial charge in [-0.2, -0.15) is 16.8 Å². The maximum absolute atomic E-state index is 9.66. The third-order valence-electron chi connectivity index (χ3n) is 0.298. The van der Waals surface area contributed by atoms with Crippen LogP contribution in [0.25, 0.3) is 0 Å². The minimum atomic E-state index is -4.62. The van der Waals surface area contributed by atoms with Crippen molar-refractivity contribution in [3.63, 3.8) is 0 Å². The highest BCUT2D eigenvalue weighted by Crippen LogP contribution is 1.88. The molecule has 5 N–H and O–H groups in total. The molecule has 0 spiro atoms. The Balaban J connectivity index is 0. The van der Waals surface area contributed by atoms with Crippen LogP contribution < -0.4 is 0 Å². The number of hydrogen-bond acceptors (Lipinski definition) is 7. The summed E-state index contributed by atoms with van der Waals surface area (Å²) in [5.41, 5.74) is 0. The summed E-state index contributed by atoms with van der Waals surface area (Å²) in [4.78, 5) is 23.3. The van der Waals surface area contributed by atoms with Gasteiger partial charge in [0.05, 0.1) is 0 Å². The largest absolute Gasteiger partial charge is 0.489 e. The predicted octanol–water partition coefficient (Wildman–Crippen LogP) is -2.75. The molecule has 88 valence electrons. The Hall–Kier alpha value is -0.0831. The van der Waals surface area contributed by atoms with Crippen molar-refractivity contribution in [2.75, 3.05) is 5.08 Å². The molecular formula is C2H10O9S2Si. The smallest absolute Gasteiger partial charge is 0.390 e. The average Bonchev–Trinajstić information content (AvgIpc) is 1.42. The van der Waals surface area contributed by atoms with Gasteiger partial charge in [0.25, 0.3) is 20.2 Å². The molecule has 12 heteroatoms. The van der Waals surface area contributed by atoms with Crippen molar-refractivity contribution in [1.29, 1.82) is 0 Å². The quantitative estimate of drug-likeness (QED) is 0.263. The zero-order valence-electron chi connectivity index (χ0n) is 6.89. The minimum Gasteiger partial charge on any atom is -0.390 e. The fourth-order valence-corrected chi connectivity index (χ4v) is 1.69. The standard InChI is InChI=1S/CH4O6S2.CH6O3Si/c2-8(3,4)1-9(5,6)7;1-5(2,3)4/h1H2,(H,2,3,4)(H,5,6,7);2-4H,1H3. The first-order chi connectivity index (χ1) is 5.71. The lowest BCUT2D eigenvalue weighted by atomic mass is 11.9. The van der Waals surface area contributed by atoms with Gasteiger partial charge in [-0.3, -0.25) is 9.11 Å². The van der Waals surface area contributed by atoms with E-state index >= 15 is 0 Å². The lowest BCUT2D eigenvalue weighted by Gasteiger charge is -1.95. The van der Waals surface area contributed by atoms with Crippen molar-refractivity contribution in [3.05, 3.63) is 0 Å². The summed E-state index contributed by atoms with van der Waals surface area (Å²) in [7, 11) is -12.9. The van der Waals surface area contributed by atoms with Crippen molar-refractivity contribution < 1.29 is 40.3 Å². The van der Waals surface area contributed by atoms with E-state index in [4.69, 9.17) is 23.5 Å². The van der Waals surface area contributed by atoms with E-state index in [1.165, 1.54) is 0 Å². The third kappa shape index (κ3) is 40.6.